The Morgan fingerprint density at radius 1 is 0.875 bits per heavy atom. The van der Waals surface area contributed by atoms with E-state index >= 15 is 0 Å². The second-order valence-electron chi connectivity index (χ2n) is 3.10. The largest absolute Gasteiger partial charge is 0.251 e. The Morgan fingerprint density at radius 2 is 1.44 bits per heavy atom. The van der Waals surface area contributed by atoms with Gasteiger partial charge < -0.3 is 0 Å². The van der Waals surface area contributed by atoms with E-state index in [-0.39, 0.29) is 0 Å². The highest BCUT2D eigenvalue weighted by atomic mass is 32.2. The van der Waals surface area contributed by atoms with Gasteiger partial charge in [0.05, 0.1) is 10.6 Å². The molecule has 1 N–H and O–H groups in total. The summed E-state index contributed by atoms with van der Waals surface area (Å²) in [4.78, 5) is 0.630. The Bertz CT molecular complexity index is 459. The average Bonchev–Trinajstić information content (AvgIpc) is 2.38. The van der Waals surface area contributed by atoms with Crippen LogP contribution in [0.3, 0.4) is 0 Å². The molecule has 0 amide bonds. The van der Waals surface area contributed by atoms with Crippen molar-refractivity contribution in [3.63, 3.8) is 0 Å². The van der Waals surface area contributed by atoms with Crippen molar-refractivity contribution in [2.24, 2.45) is 0 Å². The minimum atomic E-state index is -1.50. The monoisotopic (exact) mass is 233 g/mol. The molecule has 3 nitrogen and oxygen atoms in total. The maximum atomic E-state index is 11.6. The lowest BCUT2D eigenvalue weighted by atomic mass is 10.3. The number of benzene rings is 2. The first-order valence-corrected chi connectivity index (χ1v) is 5.89. The molecule has 0 bridgehead atoms. The van der Waals surface area contributed by atoms with Crippen LogP contribution >= 0.6 is 0 Å². The summed E-state index contributed by atoms with van der Waals surface area (Å²) in [6, 6.07) is 18.3. The summed E-state index contributed by atoms with van der Waals surface area (Å²) in [5.41, 5.74) is 3.41. The first kappa shape index (κ1) is 10.9. The summed E-state index contributed by atoms with van der Waals surface area (Å²) in [6.45, 7) is 0. The number of nitrogens with one attached hydrogen (secondary N) is 1. The van der Waals surface area contributed by atoms with E-state index in [1.54, 1.807) is 12.1 Å². The lowest BCUT2D eigenvalue weighted by Gasteiger charge is -2.05. The van der Waals surface area contributed by atoms with Gasteiger partial charge in [0.2, 0.25) is 11.1 Å². The Labute approximate surface area is 96.7 Å². The predicted molar refractivity (Wildman–Crippen MR) is 64.0 cm³/mol. The Balaban J connectivity index is 1.95. The van der Waals surface area contributed by atoms with E-state index in [4.69, 9.17) is 4.28 Å². The van der Waals surface area contributed by atoms with Gasteiger partial charge in [0.15, 0.2) is 0 Å². The normalized spacial score (nSPS) is 12.0. The highest BCUT2D eigenvalue weighted by Crippen LogP contribution is 2.10. The van der Waals surface area contributed by atoms with Crippen LogP contribution in [0.2, 0.25) is 0 Å². The molecule has 0 fully saturated rings. The van der Waals surface area contributed by atoms with Gasteiger partial charge in [-0.25, -0.2) is 4.21 Å². The van der Waals surface area contributed by atoms with Crippen molar-refractivity contribution in [1.82, 2.24) is 0 Å². The third-order valence-corrected chi connectivity index (χ3v) is 2.84. The van der Waals surface area contributed by atoms with Gasteiger partial charge in [-0.05, 0) is 24.3 Å². The molecular weight excluding hydrogens is 222 g/mol. The van der Waals surface area contributed by atoms with Crippen molar-refractivity contribution in [3.8, 4) is 0 Å². The van der Waals surface area contributed by atoms with Crippen LogP contribution in [0, 0.1) is 0 Å². The van der Waals surface area contributed by atoms with Crippen molar-refractivity contribution in [3.05, 3.63) is 60.7 Å². The van der Waals surface area contributed by atoms with Gasteiger partial charge in [-0.2, -0.15) is 4.28 Å². The van der Waals surface area contributed by atoms with Crippen molar-refractivity contribution in [2.75, 3.05) is 5.48 Å². The number of anilines is 1. The van der Waals surface area contributed by atoms with E-state index < -0.39 is 11.1 Å². The minimum Gasteiger partial charge on any atom is -0.251 e. The van der Waals surface area contributed by atoms with Gasteiger partial charge in [0, 0.05) is 0 Å². The van der Waals surface area contributed by atoms with Gasteiger partial charge in [-0.15, -0.1) is 0 Å². The standard InChI is InChI=1S/C12H11NO2S/c14-16(12-9-5-2-6-10-12)15-13-11-7-3-1-4-8-11/h1-10,13H. The van der Waals surface area contributed by atoms with Crippen LogP contribution in [-0.4, -0.2) is 4.21 Å². The number of para-hydroxylation sites is 1. The fraction of sp³-hybridized carbons (Fsp3) is 0. The molecule has 0 saturated carbocycles. The van der Waals surface area contributed by atoms with Crippen LogP contribution < -0.4 is 5.48 Å². The quantitative estimate of drug-likeness (QED) is 0.825. The molecule has 0 heterocycles. The van der Waals surface area contributed by atoms with Gasteiger partial charge in [0.25, 0.3) is 0 Å². The average molecular weight is 233 g/mol. The number of rotatable bonds is 4. The van der Waals surface area contributed by atoms with Crippen LogP contribution in [0.25, 0.3) is 0 Å². The molecule has 2 aromatic carbocycles. The SMILES string of the molecule is O=S(ONc1ccccc1)c1ccccc1. The first-order chi connectivity index (χ1) is 7.86. The molecule has 0 aliphatic carbocycles. The summed E-state index contributed by atoms with van der Waals surface area (Å²) in [5, 5.41) is 0. The Kier molecular flexibility index (Phi) is 3.69. The summed E-state index contributed by atoms with van der Waals surface area (Å²) in [5.74, 6) is 0. The van der Waals surface area contributed by atoms with Gasteiger partial charge in [-0.3, -0.25) is 5.48 Å². The summed E-state index contributed by atoms with van der Waals surface area (Å²) >= 11 is -1.50. The van der Waals surface area contributed by atoms with E-state index in [0.717, 1.165) is 5.69 Å². The second-order valence-corrected chi connectivity index (χ2v) is 4.21. The van der Waals surface area contributed by atoms with Crippen LogP contribution in [0.1, 0.15) is 0 Å². The number of hydrogen-bond acceptors (Lipinski definition) is 3. The topological polar surface area (TPSA) is 38.3 Å². The lowest BCUT2D eigenvalue weighted by Crippen LogP contribution is -2.04. The minimum absolute atomic E-state index is 0.630. The van der Waals surface area contributed by atoms with Crippen LogP contribution in [0.5, 0.6) is 0 Å². The van der Waals surface area contributed by atoms with Crippen molar-refractivity contribution in [2.45, 2.75) is 4.90 Å². The van der Waals surface area contributed by atoms with Crippen LogP contribution in [0.4, 0.5) is 5.69 Å². The summed E-state index contributed by atoms with van der Waals surface area (Å²) in [7, 11) is 0. The smallest absolute Gasteiger partial charge is 0.212 e. The Hall–Kier alpha value is -1.65. The van der Waals surface area contributed by atoms with E-state index in [9.17, 15) is 4.21 Å². The molecule has 0 saturated heterocycles. The van der Waals surface area contributed by atoms with E-state index in [1.807, 2.05) is 48.5 Å². The molecule has 0 radical (unpaired) electrons. The van der Waals surface area contributed by atoms with Gasteiger partial charge in [0.1, 0.15) is 0 Å². The summed E-state index contributed by atoms with van der Waals surface area (Å²) < 4.78 is 16.7. The van der Waals surface area contributed by atoms with Crippen molar-refractivity contribution >= 4 is 16.8 Å². The van der Waals surface area contributed by atoms with Gasteiger partial charge >= 0.3 is 0 Å². The lowest BCUT2D eigenvalue weighted by molar-refractivity contribution is 0.436. The molecule has 0 aliphatic heterocycles. The Morgan fingerprint density at radius 3 is 2.06 bits per heavy atom. The molecule has 2 aromatic rings. The highest BCUT2D eigenvalue weighted by molar-refractivity contribution is 7.80. The molecule has 0 spiro atoms. The molecule has 4 heteroatoms. The second kappa shape index (κ2) is 5.44. The predicted octanol–water partition coefficient (Wildman–Crippen LogP) is 2.75. The van der Waals surface area contributed by atoms with E-state index in [0.29, 0.717) is 4.90 Å². The third kappa shape index (κ3) is 2.92. The zero-order valence-corrected chi connectivity index (χ0v) is 9.31. The maximum absolute atomic E-state index is 11.6. The molecule has 1 atom stereocenters. The van der Waals surface area contributed by atoms with Crippen molar-refractivity contribution in [1.29, 1.82) is 0 Å². The van der Waals surface area contributed by atoms with Crippen LogP contribution in [-0.2, 0) is 15.4 Å². The van der Waals surface area contributed by atoms with Gasteiger partial charge in [-0.1, -0.05) is 36.4 Å². The maximum Gasteiger partial charge on any atom is 0.212 e. The third-order valence-electron chi connectivity index (χ3n) is 1.94. The van der Waals surface area contributed by atoms with E-state index in [2.05, 4.69) is 5.48 Å². The van der Waals surface area contributed by atoms with E-state index in [1.165, 1.54) is 0 Å². The molecule has 16 heavy (non-hydrogen) atoms. The molecule has 82 valence electrons. The first-order valence-electron chi connectivity index (χ1n) is 4.81. The number of hydrogen-bond donors (Lipinski definition) is 1. The fourth-order valence-corrected chi connectivity index (χ4v) is 1.82. The van der Waals surface area contributed by atoms with Crippen LogP contribution in [0.15, 0.2) is 65.6 Å². The zero-order chi connectivity index (χ0) is 11.2. The summed E-state index contributed by atoms with van der Waals surface area (Å²) in [6.07, 6.45) is 0. The highest BCUT2D eigenvalue weighted by Gasteiger charge is 2.03. The molecule has 1 unspecified atom stereocenters. The molecule has 2 rings (SSSR count). The molecule has 0 aliphatic rings. The molecule has 0 aromatic heterocycles. The zero-order valence-electron chi connectivity index (χ0n) is 8.50. The van der Waals surface area contributed by atoms with Crippen molar-refractivity contribution < 1.29 is 8.49 Å². The molecular formula is C12H11NO2S. The fourth-order valence-electron chi connectivity index (χ4n) is 1.17.